The Hall–Kier alpha value is -2.70. The number of aliphatic hydroxyl groups excluding tert-OH is 1. The molecule has 30 heavy (non-hydrogen) atoms. The summed E-state index contributed by atoms with van der Waals surface area (Å²) in [6, 6.07) is 15.9. The number of halogens is 1. The first-order valence-corrected chi connectivity index (χ1v) is 10.3. The van der Waals surface area contributed by atoms with Gasteiger partial charge in [0, 0.05) is 31.6 Å². The summed E-state index contributed by atoms with van der Waals surface area (Å²) in [6.45, 7) is 2.69. The number of rotatable bonds is 9. The smallest absolute Gasteiger partial charge is 0.286 e. The van der Waals surface area contributed by atoms with E-state index in [1.807, 2.05) is 43.3 Å². The lowest BCUT2D eigenvalue weighted by Gasteiger charge is -2.37. The van der Waals surface area contributed by atoms with Gasteiger partial charge in [-0.25, -0.2) is 4.39 Å². The van der Waals surface area contributed by atoms with Crippen LogP contribution in [0.4, 0.5) is 4.39 Å². The summed E-state index contributed by atoms with van der Waals surface area (Å²) in [5.74, 6) is -0.541. The summed E-state index contributed by atoms with van der Waals surface area (Å²) in [6.07, 6.45) is 2.60. The van der Waals surface area contributed by atoms with E-state index >= 15 is 0 Å². The molecule has 2 N–H and O–H groups in total. The molecule has 6 heteroatoms. The molecule has 0 saturated carbocycles. The van der Waals surface area contributed by atoms with Crippen molar-refractivity contribution in [1.82, 2.24) is 5.32 Å². The van der Waals surface area contributed by atoms with Crippen LogP contribution in [0.5, 0.6) is 0 Å². The average Bonchev–Trinajstić information content (AvgIpc) is 2.78. The maximum absolute atomic E-state index is 13.1. The van der Waals surface area contributed by atoms with E-state index in [0.717, 1.165) is 11.1 Å². The van der Waals surface area contributed by atoms with Crippen molar-refractivity contribution in [1.29, 1.82) is 0 Å². The lowest BCUT2D eigenvalue weighted by Crippen LogP contribution is -2.38. The van der Waals surface area contributed by atoms with E-state index in [0.29, 0.717) is 19.4 Å². The van der Waals surface area contributed by atoms with Gasteiger partial charge in [-0.2, -0.15) is 0 Å². The molecular weight excluding hydrogens is 385 g/mol. The maximum Gasteiger partial charge on any atom is 0.286 e. The zero-order valence-electron chi connectivity index (χ0n) is 17.1. The predicted molar refractivity (Wildman–Crippen MR) is 112 cm³/mol. The molecule has 2 aromatic carbocycles. The van der Waals surface area contributed by atoms with E-state index < -0.39 is 6.29 Å². The summed E-state index contributed by atoms with van der Waals surface area (Å²) in [5.41, 5.74) is 1.86. The third kappa shape index (κ3) is 5.68. The van der Waals surface area contributed by atoms with Crippen LogP contribution in [-0.2, 0) is 20.8 Å². The highest BCUT2D eigenvalue weighted by Gasteiger charge is 2.37. The van der Waals surface area contributed by atoms with Crippen LogP contribution in [0.3, 0.4) is 0 Å². The molecule has 1 heterocycles. The molecule has 0 aromatic heterocycles. The molecule has 5 nitrogen and oxygen atoms in total. The van der Waals surface area contributed by atoms with Crippen molar-refractivity contribution in [2.24, 2.45) is 5.92 Å². The highest BCUT2D eigenvalue weighted by atomic mass is 19.1. The number of benzene rings is 2. The van der Waals surface area contributed by atoms with E-state index in [-0.39, 0.29) is 42.5 Å². The van der Waals surface area contributed by atoms with Gasteiger partial charge in [0.05, 0.1) is 0 Å². The Bertz CT molecular complexity index is 838. The fourth-order valence-electron chi connectivity index (χ4n) is 3.69. The summed E-state index contributed by atoms with van der Waals surface area (Å²) < 4.78 is 24.9. The Kier molecular flexibility index (Phi) is 7.99. The molecule has 0 fully saturated rings. The van der Waals surface area contributed by atoms with Crippen molar-refractivity contribution >= 4 is 5.91 Å². The second kappa shape index (κ2) is 10.9. The molecule has 0 unspecified atom stereocenters. The van der Waals surface area contributed by atoms with Gasteiger partial charge in [0.1, 0.15) is 5.82 Å². The van der Waals surface area contributed by atoms with Crippen LogP contribution in [-0.4, -0.2) is 30.5 Å². The molecule has 1 aliphatic heterocycles. The molecule has 1 amide bonds. The minimum absolute atomic E-state index is 0.0202. The largest absolute Gasteiger partial charge is 0.459 e. The predicted octanol–water partition coefficient (Wildman–Crippen LogP) is 3.89. The molecule has 0 bridgehead atoms. The second-order valence-corrected chi connectivity index (χ2v) is 7.25. The monoisotopic (exact) mass is 413 g/mol. The van der Waals surface area contributed by atoms with Gasteiger partial charge in [-0.15, -0.1) is 0 Å². The molecule has 160 valence electrons. The van der Waals surface area contributed by atoms with E-state index in [1.54, 1.807) is 12.1 Å². The van der Waals surface area contributed by atoms with E-state index in [1.165, 1.54) is 12.1 Å². The molecule has 1 aliphatic rings. The third-order valence-corrected chi connectivity index (χ3v) is 5.19. The summed E-state index contributed by atoms with van der Waals surface area (Å²) >= 11 is 0. The molecule has 3 rings (SSSR count). The first-order chi connectivity index (χ1) is 14.6. The SMILES string of the molecule is CCO[C@@H]1OC(C(=O)NCc2ccc(F)cc2)=C[C@H](c2ccccc2)[C@@H]1CCCO. The number of ether oxygens (including phenoxy) is 2. The topological polar surface area (TPSA) is 67.8 Å². The Morgan fingerprint density at radius 3 is 2.57 bits per heavy atom. The Morgan fingerprint density at radius 2 is 1.90 bits per heavy atom. The van der Waals surface area contributed by atoms with Gasteiger partial charge in [-0.3, -0.25) is 4.79 Å². The average molecular weight is 413 g/mol. The summed E-state index contributed by atoms with van der Waals surface area (Å²) in [4.78, 5) is 12.8. The number of carbonyl (C=O) groups is 1. The van der Waals surface area contributed by atoms with Gasteiger partial charge in [-0.1, -0.05) is 42.5 Å². The van der Waals surface area contributed by atoms with Gasteiger partial charge in [0.25, 0.3) is 5.91 Å². The Labute approximate surface area is 176 Å². The number of carbonyl (C=O) groups excluding carboxylic acids is 1. The summed E-state index contributed by atoms with van der Waals surface area (Å²) in [5, 5.41) is 12.2. The van der Waals surface area contributed by atoms with Gasteiger partial charge in [0.2, 0.25) is 6.29 Å². The van der Waals surface area contributed by atoms with Crippen LogP contribution in [0.25, 0.3) is 0 Å². The standard InChI is InChI=1S/C24H28FNO4/c1-2-29-24-20(9-6-14-27)21(18-7-4-3-5-8-18)15-22(30-24)23(28)26-16-17-10-12-19(25)13-11-17/h3-5,7-8,10-13,15,20-21,24,27H,2,6,9,14,16H2,1H3,(H,26,28)/t20-,21+,24+/m0/s1. The van der Waals surface area contributed by atoms with Crippen molar-refractivity contribution in [3.63, 3.8) is 0 Å². The first-order valence-electron chi connectivity index (χ1n) is 10.3. The number of nitrogens with one attached hydrogen (secondary N) is 1. The van der Waals surface area contributed by atoms with Gasteiger partial charge in [0.15, 0.2) is 5.76 Å². The van der Waals surface area contributed by atoms with Crippen LogP contribution in [0, 0.1) is 11.7 Å². The highest BCUT2D eigenvalue weighted by molar-refractivity contribution is 5.91. The normalized spacial score (nSPS) is 20.9. The van der Waals surface area contributed by atoms with Crippen LogP contribution < -0.4 is 5.32 Å². The van der Waals surface area contributed by atoms with Crippen LogP contribution in [0.1, 0.15) is 36.8 Å². The summed E-state index contributed by atoms with van der Waals surface area (Å²) in [7, 11) is 0. The van der Waals surface area contributed by atoms with Crippen molar-refractivity contribution < 1.29 is 23.8 Å². The van der Waals surface area contributed by atoms with Crippen molar-refractivity contribution in [3.8, 4) is 0 Å². The molecule has 0 aliphatic carbocycles. The van der Waals surface area contributed by atoms with Crippen molar-refractivity contribution in [2.45, 2.75) is 38.5 Å². The highest BCUT2D eigenvalue weighted by Crippen LogP contribution is 2.39. The lowest BCUT2D eigenvalue weighted by molar-refractivity contribution is -0.166. The quantitative estimate of drug-likeness (QED) is 0.655. The van der Waals surface area contributed by atoms with Crippen molar-refractivity contribution in [3.05, 3.63) is 83.4 Å². The molecule has 0 radical (unpaired) electrons. The third-order valence-electron chi connectivity index (χ3n) is 5.19. The number of amides is 1. The number of allylic oxidation sites excluding steroid dienone is 1. The number of hydrogen-bond donors (Lipinski definition) is 2. The molecule has 2 aromatic rings. The minimum Gasteiger partial charge on any atom is -0.459 e. The molecule has 0 saturated heterocycles. The van der Waals surface area contributed by atoms with Crippen LogP contribution in [0.2, 0.25) is 0 Å². The van der Waals surface area contributed by atoms with Gasteiger partial charge in [-0.05, 0) is 49.1 Å². The van der Waals surface area contributed by atoms with Crippen molar-refractivity contribution in [2.75, 3.05) is 13.2 Å². The van der Waals surface area contributed by atoms with Crippen LogP contribution >= 0.6 is 0 Å². The van der Waals surface area contributed by atoms with Crippen LogP contribution in [0.15, 0.2) is 66.4 Å². The number of hydrogen-bond acceptors (Lipinski definition) is 4. The lowest BCUT2D eigenvalue weighted by atomic mass is 9.80. The Balaban J connectivity index is 1.81. The van der Waals surface area contributed by atoms with E-state index in [4.69, 9.17) is 9.47 Å². The zero-order chi connectivity index (χ0) is 21.3. The fourth-order valence-corrected chi connectivity index (χ4v) is 3.69. The molecule has 0 spiro atoms. The molecular formula is C24H28FNO4. The second-order valence-electron chi connectivity index (χ2n) is 7.25. The van der Waals surface area contributed by atoms with E-state index in [9.17, 15) is 14.3 Å². The maximum atomic E-state index is 13.1. The fraction of sp³-hybridized carbons (Fsp3) is 0.375. The molecule has 3 atom stereocenters. The minimum atomic E-state index is -0.580. The number of aliphatic hydroxyl groups is 1. The van der Waals surface area contributed by atoms with E-state index in [2.05, 4.69) is 5.32 Å². The van der Waals surface area contributed by atoms with Gasteiger partial charge < -0.3 is 19.9 Å². The van der Waals surface area contributed by atoms with Gasteiger partial charge >= 0.3 is 0 Å². The Morgan fingerprint density at radius 1 is 1.17 bits per heavy atom. The zero-order valence-corrected chi connectivity index (χ0v) is 17.1. The first kappa shape index (κ1) is 22.0.